The van der Waals surface area contributed by atoms with Crippen molar-refractivity contribution >= 4 is 26.7 Å². The van der Waals surface area contributed by atoms with Crippen LogP contribution >= 0.6 is 11.3 Å². The Bertz CT molecular complexity index is 882. The predicted molar refractivity (Wildman–Crippen MR) is 102 cm³/mol. The molecule has 1 atom stereocenters. The Morgan fingerprint density at radius 3 is 2.92 bits per heavy atom. The maximum Gasteiger partial charge on any atom is 0.186 e. The number of fused-ring (bicyclic) bond motifs is 1. The highest BCUT2D eigenvalue weighted by molar-refractivity contribution is 7.22. The van der Waals surface area contributed by atoms with E-state index in [0.29, 0.717) is 6.04 Å². The molecule has 1 aliphatic rings. The average molecular weight is 372 g/mol. The van der Waals surface area contributed by atoms with Crippen molar-refractivity contribution in [3.63, 3.8) is 0 Å². The number of piperazine rings is 1. The SMILES string of the molecule is COc1ccc(CN2CCN(c3nc4cnccc4s3)CC2C)cc1F. The highest BCUT2D eigenvalue weighted by Gasteiger charge is 2.25. The molecule has 1 saturated heterocycles. The van der Waals surface area contributed by atoms with Gasteiger partial charge in [0, 0.05) is 38.4 Å². The molecule has 0 bridgehead atoms. The summed E-state index contributed by atoms with van der Waals surface area (Å²) in [6, 6.07) is 7.56. The van der Waals surface area contributed by atoms with E-state index in [0.717, 1.165) is 42.4 Å². The van der Waals surface area contributed by atoms with E-state index in [-0.39, 0.29) is 11.6 Å². The second-order valence-corrected chi connectivity index (χ2v) is 7.58. The molecule has 1 aromatic carbocycles. The number of hydrogen-bond donors (Lipinski definition) is 0. The Hall–Kier alpha value is -2.25. The minimum atomic E-state index is -0.306. The minimum Gasteiger partial charge on any atom is -0.494 e. The van der Waals surface area contributed by atoms with E-state index < -0.39 is 0 Å². The number of aromatic nitrogens is 2. The molecule has 0 N–H and O–H groups in total. The molecule has 26 heavy (non-hydrogen) atoms. The molecule has 0 aliphatic carbocycles. The number of ether oxygens (including phenoxy) is 1. The molecule has 5 nitrogen and oxygen atoms in total. The smallest absolute Gasteiger partial charge is 0.186 e. The lowest BCUT2D eigenvalue weighted by molar-refractivity contribution is 0.180. The van der Waals surface area contributed by atoms with Gasteiger partial charge in [0.25, 0.3) is 0 Å². The number of pyridine rings is 1. The van der Waals surface area contributed by atoms with E-state index in [4.69, 9.17) is 9.72 Å². The third-order valence-corrected chi connectivity index (χ3v) is 5.91. The first kappa shape index (κ1) is 17.2. The number of benzene rings is 1. The molecule has 1 fully saturated rings. The summed E-state index contributed by atoms with van der Waals surface area (Å²) >= 11 is 1.71. The largest absolute Gasteiger partial charge is 0.494 e. The van der Waals surface area contributed by atoms with E-state index in [9.17, 15) is 4.39 Å². The van der Waals surface area contributed by atoms with Gasteiger partial charge in [-0.25, -0.2) is 9.37 Å². The highest BCUT2D eigenvalue weighted by atomic mass is 32.1. The normalized spacial score (nSPS) is 18.4. The van der Waals surface area contributed by atoms with Gasteiger partial charge in [-0.1, -0.05) is 17.4 Å². The summed E-state index contributed by atoms with van der Waals surface area (Å²) in [5, 5.41) is 1.05. The monoisotopic (exact) mass is 372 g/mol. The van der Waals surface area contributed by atoms with Gasteiger partial charge >= 0.3 is 0 Å². The van der Waals surface area contributed by atoms with E-state index in [1.807, 2.05) is 18.3 Å². The molecule has 136 valence electrons. The Kier molecular flexibility index (Phi) is 4.74. The molecular formula is C19H21FN4OS. The van der Waals surface area contributed by atoms with Crippen LogP contribution in [0.25, 0.3) is 10.2 Å². The number of methoxy groups -OCH3 is 1. The van der Waals surface area contributed by atoms with Gasteiger partial charge in [0.05, 0.1) is 18.0 Å². The molecule has 7 heteroatoms. The highest BCUT2D eigenvalue weighted by Crippen LogP contribution is 2.30. The van der Waals surface area contributed by atoms with Gasteiger partial charge in [-0.15, -0.1) is 0 Å². The summed E-state index contributed by atoms with van der Waals surface area (Å²) in [6.07, 6.45) is 3.62. The van der Waals surface area contributed by atoms with Gasteiger partial charge in [-0.2, -0.15) is 0 Å². The van der Waals surface area contributed by atoms with Crippen LogP contribution in [0.1, 0.15) is 12.5 Å². The third-order valence-electron chi connectivity index (χ3n) is 4.82. The van der Waals surface area contributed by atoms with Crippen molar-refractivity contribution in [2.24, 2.45) is 0 Å². The fourth-order valence-electron chi connectivity index (χ4n) is 3.35. The lowest BCUT2D eigenvalue weighted by Crippen LogP contribution is -2.51. The zero-order valence-corrected chi connectivity index (χ0v) is 15.7. The standard InChI is InChI=1S/C19H21FN4OS/c1-13-11-24(19-22-16-10-21-6-5-18(16)26-19)8-7-23(13)12-14-3-4-17(25-2)15(20)9-14/h3-6,9-10,13H,7-8,11-12H2,1-2H3. The van der Waals surface area contributed by atoms with Crippen LogP contribution in [0.3, 0.4) is 0 Å². The fourth-order valence-corrected chi connectivity index (χ4v) is 4.32. The van der Waals surface area contributed by atoms with Gasteiger partial charge in [-0.05, 0) is 30.7 Å². The number of thiazole rings is 1. The molecule has 0 saturated carbocycles. The lowest BCUT2D eigenvalue weighted by atomic mass is 10.1. The first-order chi connectivity index (χ1) is 12.6. The topological polar surface area (TPSA) is 41.5 Å². The van der Waals surface area contributed by atoms with Crippen LogP contribution in [0.2, 0.25) is 0 Å². The van der Waals surface area contributed by atoms with Gasteiger partial charge in [-0.3, -0.25) is 9.88 Å². The Labute approximate surface area is 156 Å². The molecule has 3 heterocycles. The van der Waals surface area contributed by atoms with E-state index in [1.165, 1.54) is 11.8 Å². The van der Waals surface area contributed by atoms with Crippen molar-refractivity contribution < 1.29 is 9.13 Å². The molecule has 4 rings (SSSR count). The number of nitrogens with zero attached hydrogens (tertiary/aromatic N) is 4. The zero-order valence-electron chi connectivity index (χ0n) is 14.9. The van der Waals surface area contributed by atoms with Crippen molar-refractivity contribution in [1.29, 1.82) is 0 Å². The first-order valence-electron chi connectivity index (χ1n) is 8.66. The van der Waals surface area contributed by atoms with E-state index in [2.05, 4.69) is 21.7 Å². The molecule has 1 unspecified atom stereocenters. The maximum atomic E-state index is 13.9. The van der Waals surface area contributed by atoms with Crippen LogP contribution in [0.5, 0.6) is 5.75 Å². The summed E-state index contributed by atoms with van der Waals surface area (Å²) in [7, 11) is 1.48. The predicted octanol–water partition coefficient (Wildman–Crippen LogP) is 3.55. The second-order valence-electron chi connectivity index (χ2n) is 6.57. The van der Waals surface area contributed by atoms with Gasteiger partial charge in [0.15, 0.2) is 16.7 Å². The minimum absolute atomic E-state index is 0.289. The summed E-state index contributed by atoms with van der Waals surface area (Å²) < 4.78 is 20.1. The van der Waals surface area contributed by atoms with Crippen LogP contribution in [0.15, 0.2) is 36.7 Å². The number of rotatable bonds is 4. The van der Waals surface area contributed by atoms with Crippen LogP contribution in [0.4, 0.5) is 9.52 Å². The van der Waals surface area contributed by atoms with Crippen molar-refractivity contribution in [2.45, 2.75) is 19.5 Å². The molecular weight excluding hydrogens is 351 g/mol. The van der Waals surface area contributed by atoms with Gasteiger partial charge < -0.3 is 9.64 Å². The number of anilines is 1. The lowest BCUT2D eigenvalue weighted by Gasteiger charge is -2.39. The van der Waals surface area contributed by atoms with Gasteiger partial charge in [0.2, 0.25) is 0 Å². The molecule has 0 spiro atoms. The Balaban J connectivity index is 1.44. The zero-order chi connectivity index (χ0) is 18.1. The summed E-state index contributed by atoms with van der Waals surface area (Å²) in [5.74, 6) is -0.0173. The summed E-state index contributed by atoms with van der Waals surface area (Å²) in [6.45, 7) is 5.69. The number of halogens is 1. The van der Waals surface area contributed by atoms with Crippen LogP contribution < -0.4 is 9.64 Å². The molecule has 0 amide bonds. The molecule has 3 aromatic rings. The van der Waals surface area contributed by atoms with Crippen LogP contribution in [-0.2, 0) is 6.54 Å². The van der Waals surface area contributed by atoms with E-state index >= 15 is 0 Å². The first-order valence-corrected chi connectivity index (χ1v) is 9.47. The quantitative estimate of drug-likeness (QED) is 0.701. The van der Waals surface area contributed by atoms with E-state index in [1.54, 1.807) is 29.7 Å². The molecule has 2 aromatic heterocycles. The summed E-state index contributed by atoms with van der Waals surface area (Å²) in [4.78, 5) is 13.6. The van der Waals surface area contributed by atoms with Crippen LogP contribution in [0, 0.1) is 5.82 Å². The Morgan fingerprint density at radius 1 is 1.31 bits per heavy atom. The molecule has 0 radical (unpaired) electrons. The Morgan fingerprint density at radius 2 is 2.19 bits per heavy atom. The third kappa shape index (κ3) is 3.37. The maximum absolute atomic E-state index is 13.9. The fraction of sp³-hybridized carbons (Fsp3) is 0.368. The molecule has 1 aliphatic heterocycles. The number of hydrogen-bond acceptors (Lipinski definition) is 6. The van der Waals surface area contributed by atoms with Crippen LogP contribution in [-0.4, -0.2) is 47.7 Å². The van der Waals surface area contributed by atoms with Crippen molar-refractivity contribution in [1.82, 2.24) is 14.9 Å². The van der Waals surface area contributed by atoms with Gasteiger partial charge in [0.1, 0.15) is 5.52 Å². The second kappa shape index (κ2) is 7.17. The average Bonchev–Trinajstić information content (AvgIpc) is 3.08. The summed E-state index contributed by atoms with van der Waals surface area (Å²) in [5.41, 5.74) is 1.92. The van der Waals surface area contributed by atoms with Crippen molar-refractivity contribution in [3.05, 3.63) is 48.0 Å². The van der Waals surface area contributed by atoms with Crippen molar-refractivity contribution in [3.8, 4) is 5.75 Å². The van der Waals surface area contributed by atoms with Crippen molar-refractivity contribution in [2.75, 3.05) is 31.6 Å².